The number of hydrogen-bond donors (Lipinski definition) is 0. The molecule has 8 heteroatoms. The minimum Gasteiger partial charge on any atom is -0.308 e. The molecule has 378 valence electrons. The van der Waals surface area contributed by atoms with E-state index in [9.17, 15) is 0 Å². The van der Waals surface area contributed by atoms with Crippen molar-refractivity contribution in [1.29, 1.82) is 0 Å². The topological polar surface area (TPSA) is 87.2 Å². The Morgan fingerprint density at radius 3 is 1.35 bits per heavy atom. The second kappa shape index (κ2) is 18.6. The van der Waals surface area contributed by atoms with Crippen molar-refractivity contribution < 1.29 is 0 Å². The fourth-order valence-corrected chi connectivity index (χ4v) is 12.7. The van der Waals surface area contributed by atoms with Gasteiger partial charge in [0.15, 0.2) is 29.1 Å². The minimum atomic E-state index is -0.596. The Hall–Kier alpha value is -11.0. The molecule has 0 unspecified atom stereocenters. The van der Waals surface area contributed by atoms with Gasteiger partial charge in [-0.3, -0.25) is 4.57 Å². The van der Waals surface area contributed by atoms with Gasteiger partial charge in [0.05, 0.1) is 33.2 Å². The Labute approximate surface area is 466 Å². The zero-order valence-electron chi connectivity index (χ0n) is 43.6. The van der Waals surface area contributed by atoms with Crippen molar-refractivity contribution in [2.45, 2.75) is 5.41 Å². The highest BCUT2D eigenvalue weighted by Gasteiger charge is 2.46. The van der Waals surface area contributed by atoms with Crippen molar-refractivity contribution >= 4 is 43.6 Å². The third kappa shape index (κ3) is 7.24. The lowest BCUT2D eigenvalue weighted by Gasteiger charge is -2.34. The largest absolute Gasteiger partial charge is 0.308 e. The molecule has 0 saturated carbocycles. The molecule has 0 amide bonds. The van der Waals surface area contributed by atoms with E-state index in [0.29, 0.717) is 35.1 Å². The average molecular weight is 1040 g/mol. The molecule has 0 N–H and O–H groups in total. The van der Waals surface area contributed by atoms with E-state index in [4.69, 9.17) is 29.9 Å². The number of para-hydroxylation sites is 3. The molecule has 8 nitrogen and oxygen atoms in total. The molecule has 15 aromatic rings. The van der Waals surface area contributed by atoms with E-state index >= 15 is 0 Å². The standard InChI is InChI=1S/C73H46N8/c1-6-24-47(25-7-1)67-74-70(50-42-43-54-53-34-16-20-38-59(53)73(60(54)46-50,51-30-12-4-13-31-51)52-32-14-5-15-33-52)77-71(76-67)58-37-19-23-41-63(58)80-62-40-22-18-36-57(62)65-64(80)45-44-56-55-35-17-21-39-61(55)81(66(56)65)72-78-68(48-26-8-2-9-27-48)75-69(79-72)49-28-10-3-11-29-49/h1-46H. The Kier molecular flexibility index (Phi) is 10.6. The average Bonchev–Trinajstić information content (AvgIpc) is 3.60. The van der Waals surface area contributed by atoms with E-state index < -0.39 is 5.41 Å². The van der Waals surface area contributed by atoms with Gasteiger partial charge in [0.25, 0.3) is 0 Å². The summed E-state index contributed by atoms with van der Waals surface area (Å²) < 4.78 is 4.60. The second-order valence-electron chi connectivity index (χ2n) is 20.6. The molecule has 16 rings (SSSR count). The molecule has 0 aliphatic heterocycles. The molecule has 0 atom stereocenters. The van der Waals surface area contributed by atoms with Crippen LogP contribution < -0.4 is 0 Å². The predicted molar refractivity (Wildman–Crippen MR) is 326 cm³/mol. The quantitative estimate of drug-likeness (QED) is 0.143. The molecule has 0 radical (unpaired) electrons. The first-order valence-electron chi connectivity index (χ1n) is 27.3. The van der Waals surface area contributed by atoms with Gasteiger partial charge in [-0.1, -0.05) is 243 Å². The molecule has 81 heavy (non-hydrogen) atoms. The maximum atomic E-state index is 5.53. The zero-order chi connectivity index (χ0) is 53.4. The van der Waals surface area contributed by atoms with Gasteiger partial charge >= 0.3 is 0 Å². The van der Waals surface area contributed by atoms with Crippen molar-refractivity contribution in [3.63, 3.8) is 0 Å². The molecule has 0 saturated heterocycles. The van der Waals surface area contributed by atoms with Crippen LogP contribution in [0.1, 0.15) is 22.3 Å². The van der Waals surface area contributed by atoms with Crippen molar-refractivity contribution in [3.8, 4) is 79.7 Å². The highest BCUT2D eigenvalue weighted by Crippen LogP contribution is 2.57. The Bertz CT molecular complexity index is 4820. The first-order valence-corrected chi connectivity index (χ1v) is 27.3. The summed E-state index contributed by atoms with van der Waals surface area (Å²) in [4.78, 5) is 32.0. The number of rotatable bonds is 9. The van der Waals surface area contributed by atoms with Crippen LogP contribution in [0.2, 0.25) is 0 Å². The van der Waals surface area contributed by atoms with Crippen molar-refractivity contribution in [2.75, 3.05) is 0 Å². The van der Waals surface area contributed by atoms with Crippen LogP contribution in [0, 0.1) is 0 Å². The summed E-state index contributed by atoms with van der Waals surface area (Å²) in [5, 5.41) is 4.34. The van der Waals surface area contributed by atoms with Crippen molar-refractivity contribution in [2.24, 2.45) is 0 Å². The fraction of sp³-hybridized carbons (Fsp3) is 0.0137. The summed E-state index contributed by atoms with van der Waals surface area (Å²) in [6.45, 7) is 0. The first kappa shape index (κ1) is 46.2. The lowest BCUT2D eigenvalue weighted by molar-refractivity contribution is 0.768. The van der Waals surface area contributed by atoms with Crippen LogP contribution in [-0.2, 0) is 5.41 Å². The lowest BCUT2D eigenvalue weighted by atomic mass is 9.67. The van der Waals surface area contributed by atoms with Gasteiger partial charge in [-0.25, -0.2) is 19.9 Å². The van der Waals surface area contributed by atoms with E-state index in [-0.39, 0.29) is 0 Å². The third-order valence-electron chi connectivity index (χ3n) is 16.1. The lowest BCUT2D eigenvalue weighted by Crippen LogP contribution is -2.28. The molecular formula is C73H46N8. The van der Waals surface area contributed by atoms with Crippen LogP contribution in [-0.4, -0.2) is 39.0 Å². The summed E-state index contributed by atoms with van der Waals surface area (Å²) in [7, 11) is 0. The molecule has 11 aromatic carbocycles. The number of nitrogens with zero attached hydrogens (tertiary/aromatic N) is 8. The Morgan fingerprint density at radius 1 is 0.272 bits per heavy atom. The number of benzene rings is 11. The zero-order valence-corrected chi connectivity index (χ0v) is 43.6. The smallest absolute Gasteiger partial charge is 0.238 e. The van der Waals surface area contributed by atoms with Gasteiger partial charge in [-0.15, -0.1) is 0 Å². The van der Waals surface area contributed by atoms with Gasteiger partial charge in [-0.05, 0) is 69.8 Å². The molecule has 1 aliphatic carbocycles. The monoisotopic (exact) mass is 1030 g/mol. The summed E-state index contributed by atoms with van der Waals surface area (Å²) in [5.74, 6) is 3.45. The van der Waals surface area contributed by atoms with E-state index in [2.05, 4.69) is 234 Å². The van der Waals surface area contributed by atoms with Gasteiger partial charge in [0, 0.05) is 49.4 Å². The molecular weight excluding hydrogens is 989 g/mol. The van der Waals surface area contributed by atoms with Crippen LogP contribution in [0.4, 0.5) is 0 Å². The van der Waals surface area contributed by atoms with Gasteiger partial charge in [-0.2, -0.15) is 9.97 Å². The number of hydrogen-bond acceptors (Lipinski definition) is 6. The third-order valence-corrected chi connectivity index (χ3v) is 16.1. The SMILES string of the molecule is c1ccc(-c2nc(-c3ccc4c(c3)C(c3ccccc3)(c3ccccc3)c3ccccc3-4)nc(-c3ccccc3-n3c4ccccc4c4c3ccc3c5ccccc5n(-c5nc(-c6ccccc6)nc(-c6ccccc6)n5)c34)n2)cc1. The highest BCUT2D eigenvalue weighted by molar-refractivity contribution is 6.26. The van der Waals surface area contributed by atoms with E-state index in [1.54, 1.807) is 0 Å². The number of fused-ring (bicyclic) bond motifs is 10. The Morgan fingerprint density at radius 2 is 0.728 bits per heavy atom. The van der Waals surface area contributed by atoms with Gasteiger partial charge in [0.1, 0.15) is 0 Å². The summed E-state index contributed by atoms with van der Waals surface area (Å²) in [6, 6.07) is 98.1. The fourth-order valence-electron chi connectivity index (χ4n) is 12.7. The minimum absolute atomic E-state index is 0.532. The second-order valence-corrected chi connectivity index (χ2v) is 20.6. The van der Waals surface area contributed by atoms with Crippen molar-refractivity contribution in [1.82, 2.24) is 39.0 Å². The molecule has 4 heterocycles. The van der Waals surface area contributed by atoms with Gasteiger partial charge < -0.3 is 4.57 Å². The van der Waals surface area contributed by atoms with Gasteiger partial charge in [0.2, 0.25) is 5.95 Å². The van der Waals surface area contributed by atoms with Crippen molar-refractivity contribution in [3.05, 3.63) is 301 Å². The normalized spacial score (nSPS) is 12.5. The van der Waals surface area contributed by atoms with E-state index in [1.807, 2.05) is 54.6 Å². The first-order chi connectivity index (χ1) is 40.2. The molecule has 1 aliphatic rings. The molecule has 4 aromatic heterocycles. The van der Waals surface area contributed by atoms with Crippen LogP contribution >= 0.6 is 0 Å². The molecule has 0 bridgehead atoms. The molecule has 0 fully saturated rings. The van der Waals surface area contributed by atoms with Crippen LogP contribution in [0.5, 0.6) is 0 Å². The van der Waals surface area contributed by atoms with Crippen LogP contribution in [0.3, 0.4) is 0 Å². The Balaban J connectivity index is 0.932. The van der Waals surface area contributed by atoms with E-state index in [1.165, 1.54) is 33.4 Å². The predicted octanol–water partition coefficient (Wildman–Crippen LogP) is 16.9. The maximum absolute atomic E-state index is 5.53. The van der Waals surface area contributed by atoms with E-state index in [0.717, 1.165) is 77.1 Å². The maximum Gasteiger partial charge on any atom is 0.238 e. The highest BCUT2D eigenvalue weighted by atomic mass is 15.2. The summed E-state index contributed by atoms with van der Waals surface area (Å²) in [5.41, 5.74) is 16.0. The van der Waals surface area contributed by atoms with Crippen LogP contribution in [0.15, 0.2) is 279 Å². The summed E-state index contributed by atoms with van der Waals surface area (Å²) in [6.07, 6.45) is 0. The van der Waals surface area contributed by atoms with Crippen LogP contribution in [0.25, 0.3) is 123 Å². The summed E-state index contributed by atoms with van der Waals surface area (Å²) >= 11 is 0. The molecule has 0 spiro atoms. The number of aromatic nitrogens is 8.